The highest BCUT2D eigenvalue weighted by Crippen LogP contribution is 2.11. The molecule has 0 spiro atoms. The third-order valence-electron chi connectivity index (χ3n) is 1.68. The largest absolute Gasteiger partial charge is 0.368 e. The van der Waals surface area contributed by atoms with Gasteiger partial charge in [0, 0.05) is 5.92 Å². The highest BCUT2D eigenvalue weighted by atomic mass is 16.5. The molecule has 0 saturated carbocycles. The van der Waals surface area contributed by atoms with Crippen molar-refractivity contribution in [3.63, 3.8) is 0 Å². The SMILES string of the molecule is BN1CC(COCC#C)C1. The van der Waals surface area contributed by atoms with Crippen LogP contribution in [0.4, 0.5) is 0 Å². The van der Waals surface area contributed by atoms with Crippen molar-refractivity contribution in [1.29, 1.82) is 0 Å². The van der Waals surface area contributed by atoms with E-state index in [0.717, 1.165) is 25.6 Å². The van der Waals surface area contributed by atoms with Crippen LogP contribution >= 0.6 is 0 Å². The fourth-order valence-electron chi connectivity index (χ4n) is 1.22. The summed E-state index contributed by atoms with van der Waals surface area (Å²) in [6.07, 6.45) is 5.02. The molecule has 1 aliphatic heterocycles. The van der Waals surface area contributed by atoms with Crippen molar-refractivity contribution in [2.24, 2.45) is 5.92 Å². The first-order valence-corrected chi connectivity index (χ1v) is 3.52. The van der Waals surface area contributed by atoms with Gasteiger partial charge in [0.05, 0.1) is 6.61 Å². The van der Waals surface area contributed by atoms with Crippen molar-refractivity contribution in [3.05, 3.63) is 0 Å². The van der Waals surface area contributed by atoms with E-state index in [1.165, 1.54) is 0 Å². The van der Waals surface area contributed by atoms with Crippen molar-refractivity contribution in [1.82, 2.24) is 4.81 Å². The molecule has 1 aliphatic rings. The first-order chi connectivity index (χ1) is 4.83. The summed E-state index contributed by atoms with van der Waals surface area (Å²) in [5, 5.41) is 0. The molecular formula is C7H12BNO. The van der Waals surface area contributed by atoms with Crippen LogP contribution in [0.2, 0.25) is 0 Å². The van der Waals surface area contributed by atoms with Gasteiger partial charge in [-0.3, -0.25) is 0 Å². The molecule has 2 nitrogen and oxygen atoms in total. The van der Waals surface area contributed by atoms with Crippen LogP contribution in [0.25, 0.3) is 0 Å². The second-order valence-electron chi connectivity index (χ2n) is 2.81. The fourth-order valence-corrected chi connectivity index (χ4v) is 1.22. The molecule has 0 aromatic heterocycles. The Labute approximate surface area is 63.0 Å². The minimum absolute atomic E-state index is 0.459. The molecule has 0 aromatic rings. The monoisotopic (exact) mass is 137 g/mol. The summed E-state index contributed by atoms with van der Waals surface area (Å²) in [7, 11) is 2.11. The zero-order chi connectivity index (χ0) is 7.40. The standard InChI is InChI=1S/C7H12BNO/c1-2-3-10-6-7-4-9(8)5-7/h1,7H,3-6,8H2. The minimum Gasteiger partial charge on any atom is -0.368 e. The van der Waals surface area contributed by atoms with E-state index < -0.39 is 0 Å². The summed E-state index contributed by atoms with van der Waals surface area (Å²) in [5.41, 5.74) is 0. The van der Waals surface area contributed by atoms with Crippen LogP contribution in [-0.4, -0.2) is 39.1 Å². The van der Waals surface area contributed by atoms with E-state index in [0.29, 0.717) is 6.61 Å². The van der Waals surface area contributed by atoms with E-state index >= 15 is 0 Å². The Hall–Kier alpha value is -0.455. The molecule has 1 heterocycles. The Morgan fingerprint density at radius 2 is 2.40 bits per heavy atom. The van der Waals surface area contributed by atoms with E-state index in [9.17, 15) is 0 Å². The maximum atomic E-state index is 5.17. The number of rotatable bonds is 3. The van der Waals surface area contributed by atoms with E-state index in [1.807, 2.05) is 0 Å². The van der Waals surface area contributed by atoms with Crippen molar-refractivity contribution in [3.8, 4) is 12.3 Å². The Kier molecular flexibility index (Phi) is 2.79. The molecule has 0 radical (unpaired) electrons. The van der Waals surface area contributed by atoms with Crippen LogP contribution in [0.3, 0.4) is 0 Å². The molecule has 1 fully saturated rings. The first kappa shape index (κ1) is 7.65. The molecule has 3 heteroatoms. The first-order valence-electron chi connectivity index (χ1n) is 3.52. The van der Waals surface area contributed by atoms with E-state index in [4.69, 9.17) is 11.2 Å². The number of ether oxygens (including phenoxy) is 1. The minimum atomic E-state index is 0.459. The number of terminal acetylenes is 1. The molecule has 0 aliphatic carbocycles. The summed E-state index contributed by atoms with van der Waals surface area (Å²) in [5.74, 6) is 3.17. The molecule has 0 unspecified atom stereocenters. The maximum Gasteiger partial charge on any atom is 0.185 e. The molecule has 10 heavy (non-hydrogen) atoms. The average molecular weight is 137 g/mol. The van der Waals surface area contributed by atoms with Crippen molar-refractivity contribution < 1.29 is 4.74 Å². The van der Waals surface area contributed by atoms with E-state index in [-0.39, 0.29) is 0 Å². The topological polar surface area (TPSA) is 12.5 Å². The third-order valence-corrected chi connectivity index (χ3v) is 1.68. The molecule has 0 atom stereocenters. The lowest BCUT2D eigenvalue weighted by atomic mass is 9.97. The second-order valence-corrected chi connectivity index (χ2v) is 2.81. The van der Waals surface area contributed by atoms with Crippen molar-refractivity contribution in [2.45, 2.75) is 0 Å². The van der Waals surface area contributed by atoms with E-state index in [2.05, 4.69) is 18.7 Å². The number of hydrogen-bond acceptors (Lipinski definition) is 2. The highest BCUT2D eigenvalue weighted by Gasteiger charge is 2.22. The van der Waals surface area contributed by atoms with Gasteiger partial charge in [-0.1, -0.05) is 5.92 Å². The predicted molar refractivity (Wildman–Crippen MR) is 43.3 cm³/mol. The smallest absolute Gasteiger partial charge is 0.185 e. The fraction of sp³-hybridized carbons (Fsp3) is 0.714. The third kappa shape index (κ3) is 2.05. The van der Waals surface area contributed by atoms with Gasteiger partial charge >= 0.3 is 0 Å². The van der Waals surface area contributed by atoms with Gasteiger partial charge in [0.2, 0.25) is 0 Å². The zero-order valence-corrected chi connectivity index (χ0v) is 6.34. The van der Waals surface area contributed by atoms with E-state index in [1.54, 1.807) is 0 Å². The molecule has 0 amide bonds. The van der Waals surface area contributed by atoms with Crippen molar-refractivity contribution in [2.75, 3.05) is 26.3 Å². The lowest BCUT2D eigenvalue weighted by Gasteiger charge is -2.36. The second kappa shape index (κ2) is 3.65. The summed E-state index contributed by atoms with van der Waals surface area (Å²) in [6.45, 7) is 3.60. The van der Waals surface area contributed by atoms with Gasteiger partial charge in [0.15, 0.2) is 7.98 Å². The Bertz CT molecular complexity index is 137. The zero-order valence-electron chi connectivity index (χ0n) is 6.34. The highest BCUT2D eigenvalue weighted by molar-refractivity contribution is 6.04. The van der Waals surface area contributed by atoms with Gasteiger partial charge in [0.25, 0.3) is 0 Å². The number of hydrogen-bond donors (Lipinski definition) is 0. The Balaban J connectivity index is 1.91. The van der Waals surface area contributed by atoms with Gasteiger partial charge in [0.1, 0.15) is 6.61 Å². The van der Waals surface area contributed by atoms with Crippen LogP contribution in [-0.2, 0) is 4.74 Å². The molecule has 0 aromatic carbocycles. The van der Waals surface area contributed by atoms with Crippen LogP contribution in [0.1, 0.15) is 0 Å². The molecule has 1 saturated heterocycles. The van der Waals surface area contributed by atoms with Crippen molar-refractivity contribution >= 4 is 7.98 Å². The average Bonchev–Trinajstić information content (AvgIpc) is 1.85. The van der Waals surface area contributed by atoms with Crippen LogP contribution < -0.4 is 0 Å². The Morgan fingerprint density at radius 1 is 1.70 bits per heavy atom. The van der Waals surface area contributed by atoms with Crippen LogP contribution in [0.5, 0.6) is 0 Å². The van der Waals surface area contributed by atoms with Gasteiger partial charge in [-0.05, 0) is 13.1 Å². The summed E-state index contributed by atoms with van der Waals surface area (Å²) in [4.78, 5) is 2.27. The van der Waals surface area contributed by atoms with Crippen LogP contribution in [0, 0.1) is 18.3 Å². The lowest BCUT2D eigenvalue weighted by molar-refractivity contribution is 0.0681. The summed E-state index contributed by atoms with van der Waals surface area (Å²) < 4.78 is 5.17. The van der Waals surface area contributed by atoms with Gasteiger partial charge < -0.3 is 9.55 Å². The number of nitrogens with zero attached hydrogens (tertiary/aromatic N) is 1. The lowest BCUT2D eigenvalue weighted by Crippen LogP contribution is -2.46. The summed E-state index contributed by atoms with van der Waals surface area (Å²) >= 11 is 0. The Morgan fingerprint density at radius 3 is 2.90 bits per heavy atom. The summed E-state index contributed by atoms with van der Waals surface area (Å²) in [6, 6.07) is 0. The molecule has 54 valence electrons. The molecule has 0 N–H and O–H groups in total. The van der Waals surface area contributed by atoms with Gasteiger partial charge in [-0.2, -0.15) is 0 Å². The predicted octanol–water partition coefficient (Wildman–Crippen LogP) is -0.884. The normalized spacial score (nSPS) is 19.9. The quantitative estimate of drug-likeness (QED) is 0.284. The molecule has 1 rings (SSSR count). The maximum absolute atomic E-state index is 5.17. The molecule has 0 bridgehead atoms. The van der Waals surface area contributed by atoms with Gasteiger partial charge in [-0.25, -0.2) is 0 Å². The van der Waals surface area contributed by atoms with Crippen LogP contribution in [0.15, 0.2) is 0 Å². The molecular weight excluding hydrogens is 125 g/mol. The van der Waals surface area contributed by atoms with Gasteiger partial charge in [-0.15, -0.1) is 6.42 Å².